The highest BCUT2D eigenvalue weighted by molar-refractivity contribution is 6.05. The van der Waals surface area contributed by atoms with Gasteiger partial charge in [0.2, 0.25) is 5.91 Å². The summed E-state index contributed by atoms with van der Waals surface area (Å²) < 4.78 is 32.9. The van der Waals surface area contributed by atoms with Gasteiger partial charge in [0.05, 0.1) is 12.6 Å². The van der Waals surface area contributed by atoms with Gasteiger partial charge >= 0.3 is 6.55 Å². The van der Waals surface area contributed by atoms with Gasteiger partial charge in [0.1, 0.15) is 5.75 Å². The minimum Gasteiger partial charge on any atom is -0.497 e. The molecule has 1 N–H and O–H groups in total. The van der Waals surface area contributed by atoms with Crippen molar-refractivity contribution in [2.45, 2.75) is 57.3 Å². The lowest BCUT2D eigenvalue weighted by Gasteiger charge is -2.41. The van der Waals surface area contributed by atoms with Crippen LogP contribution in [0.5, 0.6) is 5.75 Å². The Morgan fingerprint density at radius 3 is 2.42 bits per heavy atom. The second kappa shape index (κ2) is 10.3. The minimum atomic E-state index is -2.84. The first kappa shape index (κ1) is 24.9. The van der Waals surface area contributed by atoms with Crippen LogP contribution >= 0.6 is 0 Å². The van der Waals surface area contributed by atoms with Gasteiger partial charge in [-0.15, -0.1) is 0 Å². The summed E-state index contributed by atoms with van der Waals surface area (Å²) in [6.07, 6.45) is 3.90. The van der Waals surface area contributed by atoms with Crippen molar-refractivity contribution in [2.24, 2.45) is 0 Å². The summed E-state index contributed by atoms with van der Waals surface area (Å²) in [4.78, 5) is 31.6. The first-order chi connectivity index (χ1) is 17.3. The molecule has 196 valence electrons. The average molecular weight is 505 g/mol. The molecule has 36 heavy (non-hydrogen) atoms. The Labute approximate surface area is 209 Å². The molecular formula is C25H34F2N6O3. The molecule has 3 fully saturated rings. The van der Waals surface area contributed by atoms with Gasteiger partial charge in [-0.05, 0) is 43.9 Å². The third kappa shape index (κ3) is 4.90. The van der Waals surface area contributed by atoms with Crippen molar-refractivity contribution in [3.63, 3.8) is 0 Å². The van der Waals surface area contributed by atoms with E-state index >= 15 is 0 Å². The molecule has 0 aliphatic carbocycles. The van der Waals surface area contributed by atoms with Crippen LogP contribution in [-0.2, 0) is 4.79 Å². The van der Waals surface area contributed by atoms with Crippen molar-refractivity contribution in [3.05, 3.63) is 23.9 Å². The van der Waals surface area contributed by atoms with Gasteiger partial charge in [0.25, 0.3) is 5.91 Å². The number of hydrogen-bond donors (Lipinski definition) is 1. The molecule has 2 amide bonds. The van der Waals surface area contributed by atoms with E-state index in [1.165, 1.54) is 13.2 Å². The summed E-state index contributed by atoms with van der Waals surface area (Å²) >= 11 is 0. The van der Waals surface area contributed by atoms with Crippen molar-refractivity contribution < 1.29 is 23.1 Å². The van der Waals surface area contributed by atoms with Crippen molar-refractivity contribution in [1.82, 2.24) is 29.8 Å². The van der Waals surface area contributed by atoms with Crippen LogP contribution in [0.3, 0.4) is 0 Å². The summed E-state index contributed by atoms with van der Waals surface area (Å²) in [5.74, 6) is 0.207. The Morgan fingerprint density at radius 2 is 1.81 bits per heavy atom. The lowest BCUT2D eigenvalue weighted by Crippen LogP contribution is -2.54. The van der Waals surface area contributed by atoms with Crippen LogP contribution in [0.2, 0.25) is 0 Å². The number of fused-ring (bicyclic) bond motifs is 3. The second-order valence-corrected chi connectivity index (χ2v) is 10.1. The number of nitrogens with one attached hydrogen (secondary N) is 1. The Balaban J connectivity index is 1.20. The summed E-state index contributed by atoms with van der Waals surface area (Å²) in [5, 5.41) is 7.40. The maximum absolute atomic E-state index is 13.5. The molecule has 2 aromatic rings. The highest BCUT2D eigenvalue weighted by Crippen LogP contribution is 2.36. The van der Waals surface area contributed by atoms with Crippen LogP contribution in [0, 0.1) is 0 Å². The molecule has 3 aliphatic rings. The van der Waals surface area contributed by atoms with E-state index in [9.17, 15) is 18.4 Å². The number of benzene rings is 1. The average Bonchev–Trinajstić information content (AvgIpc) is 3.36. The number of halogens is 2. The minimum absolute atomic E-state index is 0.00341. The normalized spacial score (nSPS) is 25.0. The lowest BCUT2D eigenvalue weighted by molar-refractivity contribution is -0.130. The Kier molecular flexibility index (Phi) is 7.11. The predicted octanol–water partition coefficient (Wildman–Crippen LogP) is 2.33. The lowest BCUT2D eigenvalue weighted by atomic mass is 9.97. The van der Waals surface area contributed by atoms with E-state index in [1.807, 2.05) is 4.90 Å². The molecule has 2 bridgehead atoms. The fourth-order valence-corrected chi connectivity index (χ4v) is 6.12. The van der Waals surface area contributed by atoms with E-state index in [4.69, 9.17) is 4.74 Å². The molecule has 0 radical (unpaired) electrons. The molecule has 3 saturated heterocycles. The van der Waals surface area contributed by atoms with E-state index in [-0.39, 0.29) is 23.2 Å². The van der Waals surface area contributed by atoms with Gasteiger partial charge in [-0.3, -0.25) is 19.4 Å². The molecular weight excluding hydrogens is 470 g/mol. The molecule has 9 nitrogen and oxygen atoms in total. The van der Waals surface area contributed by atoms with Crippen molar-refractivity contribution in [3.8, 4) is 5.75 Å². The van der Waals surface area contributed by atoms with Crippen molar-refractivity contribution in [2.75, 3.05) is 46.4 Å². The third-order valence-electron chi connectivity index (χ3n) is 8.02. The van der Waals surface area contributed by atoms with Gasteiger partial charge in [-0.1, -0.05) is 0 Å². The zero-order valence-corrected chi connectivity index (χ0v) is 20.8. The van der Waals surface area contributed by atoms with Crippen molar-refractivity contribution >= 4 is 22.7 Å². The van der Waals surface area contributed by atoms with E-state index in [2.05, 4.69) is 20.2 Å². The second-order valence-electron chi connectivity index (χ2n) is 10.1. The number of nitrogens with zero attached hydrogens (tertiary/aromatic N) is 5. The van der Waals surface area contributed by atoms with Crippen LogP contribution in [0.25, 0.3) is 10.9 Å². The molecule has 0 saturated carbocycles. The quantitative estimate of drug-likeness (QED) is 0.623. The SMILES string of the molecule is COc1ccc2c(c1)c(C(=O)NC1C[C@H]3CC[C@@H](C1)N3CCN1CCN(C(C)=O)CC1)nn2C(F)F. The van der Waals surface area contributed by atoms with Crippen molar-refractivity contribution in [1.29, 1.82) is 0 Å². The number of carbonyl (C=O) groups is 2. The van der Waals surface area contributed by atoms with E-state index in [0.717, 1.165) is 65.0 Å². The third-order valence-corrected chi connectivity index (χ3v) is 8.02. The van der Waals surface area contributed by atoms with E-state index in [0.29, 0.717) is 27.9 Å². The fourth-order valence-electron chi connectivity index (χ4n) is 6.12. The number of piperidine rings is 1. The number of piperazine rings is 1. The molecule has 3 aliphatic heterocycles. The molecule has 1 aromatic heterocycles. The van der Waals surface area contributed by atoms with Crippen LogP contribution in [-0.4, -0.2) is 101 Å². The van der Waals surface area contributed by atoms with Gasteiger partial charge < -0.3 is 15.0 Å². The van der Waals surface area contributed by atoms with Gasteiger partial charge in [0.15, 0.2) is 5.69 Å². The molecule has 1 aromatic carbocycles. The highest BCUT2D eigenvalue weighted by atomic mass is 19.3. The highest BCUT2D eigenvalue weighted by Gasteiger charge is 2.41. The topological polar surface area (TPSA) is 82.9 Å². The first-order valence-corrected chi connectivity index (χ1v) is 12.7. The number of rotatable bonds is 7. The van der Waals surface area contributed by atoms with Gasteiger partial charge in [-0.25, -0.2) is 4.68 Å². The van der Waals surface area contributed by atoms with Crippen LogP contribution in [0.15, 0.2) is 18.2 Å². The number of alkyl halides is 2. The van der Waals surface area contributed by atoms with Gasteiger partial charge in [0, 0.05) is 69.7 Å². The monoisotopic (exact) mass is 504 g/mol. The maximum atomic E-state index is 13.5. The summed E-state index contributed by atoms with van der Waals surface area (Å²) in [7, 11) is 1.49. The molecule has 0 spiro atoms. The number of methoxy groups -OCH3 is 1. The first-order valence-electron chi connectivity index (χ1n) is 12.7. The van der Waals surface area contributed by atoms with Crippen LogP contribution < -0.4 is 10.1 Å². The van der Waals surface area contributed by atoms with Crippen LogP contribution in [0.1, 0.15) is 49.6 Å². The standard InChI is InChI=1S/C25H34F2N6O3/c1-16(34)31-10-7-30(8-11-31)9-12-32-18-3-4-19(32)14-17(13-18)28-24(35)23-21-15-20(36-2)5-6-22(21)33(29-23)25(26)27/h5-6,15,17-19,25H,3-4,7-14H2,1-2H3,(H,28,35)/t17?,18-,19+. The Bertz CT molecular complexity index is 1100. The number of carbonyl (C=O) groups excluding carboxylic acids is 2. The zero-order valence-electron chi connectivity index (χ0n) is 20.8. The fraction of sp³-hybridized carbons (Fsp3) is 0.640. The molecule has 1 unspecified atom stereocenters. The molecule has 4 heterocycles. The smallest absolute Gasteiger partial charge is 0.333 e. The van der Waals surface area contributed by atoms with E-state index < -0.39 is 12.5 Å². The zero-order chi connectivity index (χ0) is 25.4. The maximum Gasteiger partial charge on any atom is 0.333 e. The number of aromatic nitrogens is 2. The van der Waals surface area contributed by atoms with Gasteiger partial charge in [-0.2, -0.15) is 13.9 Å². The molecule has 3 atom stereocenters. The number of amides is 2. The Hall–Kier alpha value is -2.79. The largest absolute Gasteiger partial charge is 0.497 e. The number of ether oxygens (including phenoxy) is 1. The van der Waals surface area contributed by atoms with E-state index in [1.54, 1.807) is 19.1 Å². The summed E-state index contributed by atoms with van der Waals surface area (Å²) in [5.41, 5.74) is 0.207. The molecule has 5 rings (SSSR count). The Morgan fingerprint density at radius 1 is 1.11 bits per heavy atom. The predicted molar refractivity (Wildman–Crippen MR) is 130 cm³/mol. The summed E-state index contributed by atoms with van der Waals surface area (Å²) in [6, 6.07) is 5.47. The molecule has 11 heteroatoms. The van der Waals surface area contributed by atoms with Crippen LogP contribution in [0.4, 0.5) is 8.78 Å². The summed E-state index contributed by atoms with van der Waals surface area (Å²) in [6.45, 7) is 4.15. The number of hydrogen-bond acceptors (Lipinski definition) is 6.